The van der Waals surface area contributed by atoms with Crippen molar-refractivity contribution in [1.29, 1.82) is 0 Å². The molecule has 1 unspecified atom stereocenters. The molecule has 0 fully saturated rings. The molecule has 0 saturated carbocycles. The first kappa shape index (κ1) is 15.9. The van der Waals surface area contributed by atoms with Crippen LogP contribution in [0.5, 0.6) is 0 Å². The highest BCUT2D eigenvalue weighted by Gasteiger charge is 2.17. The second kappa shape index (κ2) is 7.04. The molecule has 0 aromatic heterocycles. The topological polar surface area (TPSA) is 26.0 Å². The predicted octanol–water partition coefficient (Wildman–Crippen LogP) is 5.16. The zero-order chi connectivity index (χ0) is 15.5. The zero-order valence-corrected chi connectivity index (χ0v) is 14.1. The number of halogens is 2. The van der Waals surface area contributed by atoms with E-state index in [1.807, 2.05) is 18.2 Å². The van der Waals surface area contributed by atoms with Gasteiger partial charge in [0.15, 0.2) is 0 Å². The van der Waals surface area contributed by atoms with E-state index in [9.17, 15) is 0 Å². The fraction of sp³-hybridized carbons (Fsp3) is 0.368. The lowest BCUT2D eigenvalue weighted by Crippen LogP contribution is -2.16. The Morgan fingerprint density at radius 3 is 2.32 bits per heavy atom. The summed E-state index contributed by atoms with van der Waals surface area (Å²) in [5, 5.41) is 1.45. The first-order valence-electron chi connectivity index (χ1n) is 7.93. The third-order valence-electron chi connectivity index (χ3n) is 4.64. The van der Waals surface area contributed by atoms with Gasteiger partial charge in [0.05, 0.1) is 0 Å². The van der Waals surface area contributed by atoms with Crippen LogP contribution >= 0.6 is 23.2 Å². The fourth-order valence-electron chi connectivity index (χ4n) is 3.32. The zero-order valence-electron chi connectivity index (χ0n) is 12.6. The Balaban J connectivity index is 1.88. The quantitative estimate of drug-likeness (QED) is 0.821. The molecule has 1 nitrogen and oxygen atoms in total. The lowest BCUT2D eigenvalue weighted by atomic mass is 9.85. The van der Waals surface area contributed by atoms with E-state index in [2.05, 4.69) is 18.2 Å². The Morgan fingerprint density at radius 2 is 1.64 bits per heavy atom. The van der Waals surface area contributed by atoms with Gasteiger partial charge in [0, 0.05) is 16.0 Å². The van der Waals surface area contributed by atoms with Crippen LogP contribution in [0.1, 0.15) is 41.0 Å². The van der Waals surface area contributed by atoms with Gasteiger partial charge in [-0.05, 0) is 73.0 Å². The van der Waals surface area contributed by atoms with Crippen LogP contribution in [0.2, 0.25) is 10.0 Å². The monoisotopic (exact) mass is 333 g/mol. The van der Waals surface area contributed by atoms with Crippen LogP contribution in [0.25, 0.3) is 0 Å². The Hall–Kier alpha value is -1.02. The number of fused-ring (bicyclic) bond motifs is 1. The molecule has 1 aliphatic carbocycles. The van der Waals surface area contributed by atoms with E-state index in [0.29, 0.717) is 6.54 Å². The number of nitrogens with two attached hydrogens (primary N) is 1. The van der Waals surface area contributed by atoms with Crippen LogP contribution < -0.4 is 5.73 Å². The lowest BCUT2D eigenvalue weighted by Gasteiger charge is -2.21. The molecular formula is C19H21Cl2N. The summed E-state index contributed by atoms with van der Waals surface area (Å²) in [6, 6.07) is 12.5. The molecule has 2 aromatic rings. The fourth-order valence-corrected chi connectivity index (χ4v) is 3.87. The summed E-state index contributed by atoms with van der Waals surface area (Å²) < 4.78 is 0. The van der Waals surface area contributed by atoms with Gasteiger partial charge in [-0.1, -0.05) is 47.5 Å². The maximum absolute atomic E-state index is 6.31. The standard InChI is InChI=1S/C19H21Cl2N/c20-18-6-3-7-19(21)17(18)11-16(12-22)15-9-8-13-4-1-2-5-14(13)10-15/h3,6-10,16H,1-2,4-5,11-12,22H2. The molecule has 0 amide bonds. The SMILES string of the molecule is NCC(Cc1c(Cl)cccc1Cl)c1ccc2c(c1)CCCC2. The van der Waals surface area contributed by atoms with Gasteiger partial charge in [-0.25, -0.2) is 0 Å². The molecule has 3 heteroatoms. The summed E-state index contributed by atoms with van der Waals surface area (Å²) >= 11 is 12.6. The number of rotatable bonds is 4. The van der Waals surface area contributed by atoms with Crippen molar-refractivity contribution in [3.05, 3.63) is 68.7 Å². The minimum atomic E-state index is 0.254. The number of aryl methyl sites for hydroxylation is 2. The minimum absolute atomic E-state index is 0.254. The normalized spacial score (nSPS) is 15.4. The van der Waals surface area contributed by atoms with E-state index < -0.39 is 0 Å². The predicted molar refractivity (Wildman–Crippen MR) is 95.0 cm³/mol. The maximum Gasteiger partial charge on any atom is 0.0453 e. The average molecular weight is 334 g/mol. The molecule has 0 radical (unpaired) electrons. The summed E-state index contributed by atoms with van der Waals surface area (Å²) in [7, 11) is 0. The summed E-state index contributed by atoms with van der Waals surface area (Å²) in [6.45, 7) is 0.598. The van der Waals surface area contributed by atoms with Crippen molar-refractivity contribution in [2.45, 2.75) is 38.0 Å². The van der Waals surface area contributed by atoms with Gasteiger partial charge >= 0.3 is 0 Å². The van der Waals surface area contributed by atoms with Gasteiger partial charge in [-0.3, -0.25) is 0 Å². The van der Waals surface area contributed by atoms with Gasteiger partial charge in [0.25, 0.3) is 0 Å². The third kappa shape index (κ3) is 3.32. The van der Waals surface area contributed by atoms with Crippen molar-refractivity contribution in [1.82, 2.24) is 0 Å². The Kier molecular flexibility index (Phi) is 5.07. The molecule has 0 saturated heterocycles. The molecule has 1 aliphatic rings. The molecule has 2 aromatic carbocycles. The minimum Gasteiger partial charge on any atom is -0.330 e. The first-order valence-corrected chi connectivity index (χ1v) is 8.69. The van der Waals surface area contributed by atoms with Crippen molar-refractivity contribution < 1.29 is 0 Å². The van der Waals surface area contributed by atoms with E-state index in [0.717, 1.165) is 22.0 Å². The van der Waals surface area contributed by atoms with Gasteiger partial charge in [0.1, 0.15) is 0 Å². The highest BCUT2D eigenvalue weighted by atomic mass is 35.5. The lowest BCUT2D eigenvalue weighted by molar-refractivity contribution is 0.668. The maximum atomic E-state index is 6.31. The summed E-state index contributed by atoms with van der Waals surface area (Å²) in [4.78, 5) is 0. The van der Waals surface area contributed by atoms with Crippen LogP contribution in [-0.2, 0) is 19.3 Å². The molecule has 3 rings (SSSR count). The Morgan fingerprint density at radius 1 is 0.955 bits per heavy atom. The smallest absolute Gasteiger partial charge is 0.0453 e. The number of benzene rings is 2. The van der Waals surface area contributed by atoms with Crippen molar-refractivity contribution in [2.75, 3.05) is 6.54 Å². The van der Waals surface area contributed by atoms with Crippen LogP contribution in [0, 0.1) is 0 Å². The molecule has 2 N–H and O–H groups in total. The third-order valence-corrected chi connectivity index (χ3v) is 5.35. The van der Waals surface area contributed by atoms with E-state index in [1.54, 1.807) is 0 Å². The van der Waals surface area contributed by atoms with Crippen molar-refractivity contribution in [3.63, 3.8) is 0 Å². The van der Waals surface area contributed by atoms with Crippen LogP contribution in [0.4, 0.5) is 0 Å². The molecule has 116 valence electrons. The van der Waals surface area contributed by atoms with Crippen LogP contribution in [-0.4, -0.2) is 6.54 Å². The summed E-state index contributed by atoms with van der Waals surface area (Å²) in [6.07, 6.45) is 5.78. The highest BCUT2D eigenvalue weighted by molar-refractivity contribution is 6.36. The number of hydrogen-bond acceptors (Lipinski definition) is 1. The number of hydrogen-bond donors (Lipinski definition) is 1. The van der Waals surface area contributed by atoms with E-state index in [-0.39, 0.29) is 5.92 Å². The molecule has 1 atom stereocenters. The molecule has 0 aliphatic heterocycles. The van der Waals surface area contributed by atoms with Crippen molar-refractivity contribution in [2.24, 2.45) is 5.73 Å². The van der Waals surface area contributed by atoms with E-state index in [1.165, 1.54) is 42.4 Å². The molecule has 0 bridgehead atoms. The van der Waals surface area contributed by atoms with E-state index in [4.69, 9.17) is 28.9 Å². The van der Waals surface area contributed by atoms with Gasteiger partial charge < -0.3 is 5.73 Å². The average Bonchev–Trinajstić information content (AvgIpc) is 2.54. The van der Waals surface area contributed by atoms with Crippen LogP contribution in [0.15, 0.2) is 36.4 Å². The Bertz CT molecular complexity index is 646. The summed E-state index contributed by atoms with van der Waals surface area (Å²) in [5.41, 5.74) is 11.3. The molecule has 0 heterocycles. The van der Waals surface area contributed by atoms with E-state index >= 15 is 0 Å². The van der Waals surface area contributed by atoms with Crippen molar-refractivity contribution >= 4 is 23.2 Å². The van der Waals surface area contributed by atoms with Crippen molar-refractivity contribution in [3.8, 4) is 0 Å². The van der Waals surface area contributed by atoms with Gasteiger partial charge in [0.2, 0.25) is 0 Å². The first-order chi connectivity index (χ1) is 10.7. The molecular weight excluding hydrogens is 313 g/mol. The van der Waals surface area contributed by atoms with Crippen LogP contribution in [0.3, 0.4) is 0 Å². The van der Waals surface area contributed by atoms with Gasteiger partial charge in [-0.15, -0.1) is 0 Å². The second-order valence-electron chi connectivity index (χ2n) is 6.07. The Labute approximate surface area is 142 Å². The summed E-state index contributed by atoms with van der Waals surface area (Å²) in [5.74, 6) is 0.254. The molecule has 22 heavy (non-hydrogen) atoms. The molecule has 0 spiro atoms. The highest BCUT2D eigenvalue weighted by Crippen LogP contribution is 2.31. The van der Waals surface area contributed by atoms with Gasteiger partial charge in [-0.2, -0.15) is 0 Å². The second-order valence-corrected chi connectivity index (χ2v) is 6.89. The largest absolute Gasteiger partial charge is 0.330 e.